The number of hydrogen-bond acceptors (Lipinski definition) is 6. The molecule has 0 radical (unpaired) electrons. The van der Waals surface area contributed by atoms with E-state index in [1.165, 1.54) is 0 Å². The minimum atomic E-state index is -3.20. The highest BCUT2D eigenvalue weighted by molar-refractivity contribution is 7.89. The number of sulfone groups is 1. The molecule has 6 nitrogen and oxygen atoms in total. The molecule has 0 atom stereocenters. The van der Waals surface area contributed by atoms with Crippen LogP contribution in [0.4, 0.5) is 5.95 Å². The van der Waals surface area contributed by atoms with E-state index in [1.807, 2.05) is 30.3 Å². The van der Waals surface area contributed by atoms with Crippen LogP contribution in [-0.2, 0) is 15.6 Å². The predicted octanol–water partition coefficient (Wildman–Crippen LogP) is 0.665. The lowest BCUT2D eigenvalue weighted by molar-refractivity contribution is 0.599. The van der Waals surface area contributed by atoms with Crippen LogP contribution in [0.5, 0.6) is 0 Å². The fraction of sp³-hybridized carbons (Fsp3) is 0.182. The number of nitrogen functional groups attached to an aromatic ring is 1. The molecule has 94 valence electrons. The average Bonchev–Trinajstić information content (AvgIpc) is 2.27. The lowest BCUT2D eigenvalue weighted by atomic mass is 10.2. The first-order valence-corrected chi connectivity index (χ1v) is 7.24. The van der Waals surface area contributed by atoms with Crippen LogP contribution >= 0.6 is 0 Å². The number of rotatable bonds is 3. The molecule has 0 bridgehead atoms. The van der Waals surface area contributed by atoms with Crippen molar-refractivity contribution in [3.8, 4) is 11.4 Å². The Morgan fingerprint density at radius 1 is 1.11 bits per heavy atom. The van der Waals surface area contributed by atoms with Gasteiger partial charge in [0.1, 0.15) is 11.6 Å². The number of benzene rings is 1. The van der Waals surface area contributed by atoms with Gasteiger partial charge in [-0.2, -0.15) is 9.97 Å². The summed E-state index contributed by atoms with van der Waals surface area (Å²) in [5, 5.41) is 0. The van der Waals surface area contributed by atoms with E-state index in [0.717, 1.165) is 11.8 Å². The van der Waals surface area contributed by atoms with Gasteiger partial charge in [-0.05, 0) is 0 Å². The fourth-order valence-corrected chi connectivity index (χ4v) is 2.05. The van der Waals surface area contributed by atoms with Gasteiger partial charge in [0, 0.05) is 11.8 Å². The summed E-state index contributed by atoms with van der Waals surface area (Å²) in [5.74, 6) is 0.299. The van der Waals surface area contributed by atoms with E-state index in [4.69, 9.17) is 5.73 Å². The monoisotopic (exact) mass is 264 g/mol. The van der Waals surface area contributed by atoms with Crippen molar-refractivity contribution in [2.75, 3.05) is 12.0 Å². The summed E-state index contributed by atoms with van der Waals surface area (Å²) in [5.41, 5.74) is 6.32. The molecule has 7 heteroatoms. The van der Waals surface area contributed by atoms with Crippen molar-refractivity contribution in [2.45, 2.75) is 5.75 Å². The molecule has 0 fully saturated rings. The summed E-state index contributed by atoms with van der Waals surface area (Å²) in [6, 6.07) is 9.18. The molecular formula is C11H12N4O2S. The second kappa shape index (κ2) is 4.69. The first kappa shape index (κ1) is 12.4. The van der Waals surface area contributed by atoms with E-state index in [-0.39, 0.29) is 17.5 Å². The Balaban J connectivity index is 2.45. The van der Waals surface area contributed by atoms with E-state index in [9.17, 15) is 8.42 Å². The van der Waals surface area contributed by atoms with Gasteiger partial charge in [0.15, 0.2) is 15.7 Å². The van der Waals surface area contributed by atoms with Crippen LogP contribution in [0.25, 0.3) is 11.4 Å². The van der Waals surface area contributed by atoms with Gasteiger partial charge in [-0.1, -0.05) is 30.3 Å². The molecule has 0 amide bonds. The molecule has 1 aromatic heterocycles. The SMILES string of the molecule is CS(=O)(=O)Cc1nc(N)nc(-c2ccccc2)n1. The highest BCUT2D eigenvalue weighted by Gasteiger charge is 2.11. The zero-order valence-electron chi connectivity index (χ0n) is 9.74. The summed E-state index contributed by atoms with van der Waals surface area (Å²) in [6.07, 6.45) is 1.12. The summed E-state index contributed by atoms with van der Waals surface area (Å²) in [4.78, 5) is 11.9. The molecule has 18 heavy (non-hydrogen) atoms. The maximum atomic E-state index is 11.2. The standard InChI is InChI=1S/C11H12N4O2S/c1-18(16,17)7-9-13-10(15-11(12)14-9)8-5-3-2-4-6-8/h2-6H,7H2,1H3,(H2,12,13,14,15). The third-order valence-electron chi connectivity index (χ3n) is 2.12. The molecule has 0 aliphatic carbocycles. The van der Waals surface area contributed by atoms with Crippen molar-refractivity contribution < 1.29 is 8.42 Å². The van der Waals surface area contributed by atoms with Gasteiger partial charge in [0.05, 0.1) is 0 Å². The molecule has 1 heterocycles. The molecule has 0 saturated heterocycles. The van der Waals surface area contributed by atoms with Crippen LogP contribution in [0.1, 0.15) is 5.82 Å². The van der Waals surface area contributed by atoms with Crippen LogP contribution in [-0.4, -0.2) is 29.6 Å². The smallest absolute Gasteiger partial charge is 0.223 e. The molecule has 2 aromatic rings. The maximum absolute atomic E-state index is 11.2. The Labute approximate surface area is 105 Å². The highest BCUT2D eigenvalue weighted by atomic mass is 32.2. The Kier molecular flexibility index (Phi) is 3.24. The summed E-state index contributed by atoms with van der Waals surface area (Å²) in [7, 11) is -3.20. The van der Waals surface area contributed by atoms with E-state index in [2.05, 4.69) is 15.0 Å². The number of nitrogens with zero attached hydrogens (tertiary/aromatic N) is 3. The zero-order valence-corrected chi connectivity index (χ0v) is 10.6. The molecule has 0 spiro atoms. The van der Waals surface area contributed by atoms with Crippen LogP contribution in [0.15, 0.2) is 30.3 Å². The van der Waals surface area contributed by atoms with Gasteiger partial charge in [0.25, 0.3) is 0 Å². The molecule has 2 N–H and O–H groups in total. The summed E-state index contributed by atoms with van der Waals surface area (Å²) in [6.45, 7) is 0. The lowest BCUT2D eigenvalue weighted by Crippen LogP contribution is -2.09. The molecular weight excluding hydrogens is 252 g/mol. The van der Waals surface area contributed by atoms with Crippen molar-refractivity contribution in [1.29, 1.82) is 0 Å². The largest absolute Gasteiger partial charge is 0.368 e. The summed E-state index contributed by atoms with van der Waals surface area (Å²) < 4.78 is 22.4. The Hall–Kier alpha value is -2.02. The van der Waals surface area contributed by atoms with Gasteiger partial charge < -0.3 is 5.73 Å². The molecule has 1 aromatic carbocycles. The molecule has 0 unspecified atom stereocenters. The third-order valence-corrected chi connectivity index (χ3v) is 2.90. The molecule has 2 rings (SSSR count). The quantitative estimate of drug-likeness (QED) is 0.874. The van der Waals surface area contributed by atoms with Gasteiger partial charge in [-0.15, -0.1) is 0 Å². The predicted molar refractivity (Wildman–Crippen MR) is 68.2 cm³/mol. The zero-order chi connectivity index (χ0) is 13.2. The van der Waals surface area contributed by atoms with E-state index < -0.39 is 9.84 Å². The van der Waals surface area contributed by atoms with Crippen LogP contribution < -0.4 is 5.73 Å². The lowest BCUT2D eigenvalue weighted by Gasteiger charge is -2.04. The molecule has 0 aliphatic rings. The highest BCUT2D eigenvalue weighted by Crippen LogP contribution is 2.15. The van der Waals surface area contributed by atoms with E-state index in [0.29, 0.717) is 5.82 Å². The topological polar surface area (TPSA) is 98.8 Å². The van der Waals surface area contributed by atoms with Crippen LogP contribution in [0, 0.1) is 0 Å². The van der Waals surface area contributed by atoms with Crippen molar-refractivity contribution in [1.82, 2.24) is 15.0 Å². The minimum Gasteiger partial charge on any atom is -0.368 e. The Bertz CT molecular complexity index is 656. The van der Waals surface area contributed by atoms with Gasteiger partial charge in [-0.3, -0.25) is 0 Å². The Morgan fingerprint density at radius 2 is 1.78 bits per heavy atom. The van der Waals surface area contributed by atoms with Crippen molar-refractivity contribution >= 4 is 15.8 Å². The van der Waals surface area contributed by atoms with Gasteiger partial charge >= 0.3 is 0 Å². The van der Waals surface area contributed by atoms with Gasteiger partial charge in [-0.25, -0.2) is 13.4 Å². The third kappa shape index (κ3) is 3.24. The summed E-state index contributed by atoms with van der Waals surface area (Å²) >= 11 is 0. The Morgan fingerprint density at radius 3 is 2.39 bits per heavy atom. The van der Waals surface area contributed by atoms with Crippen LogP contribution in [0.2, 0.25) is 0 Å². The minimum absolute atomic E-state index is 0.0162. The maximum Gasteiger partial charge on any atom is 0.223 e. The van der Waals surface area contributed by atoms with Crippen molar-refractivity contribution in [3.63, 3.8) is 0 Å². The van der Waals surface area contributed by atoms with Crippen molar-refractivity contribution in [2.24, 2.45) is 0 Å². The molecule has 0 saturated carbocycles. The van der Waals surface area contributed by atoms with E-state index in [1.54, 1.807) is 0 Å². The number of nitrogens with two attached hydrogens (primary N) is 1. The van der Waals surface area contributed by atoms with Crippen molar-refractivity contribution in [3.05, 3.63) is 36.2 Å². The first-order valence-electron chi connectivity index (χ1n) is 5.17. The van der Waals surface area contributed by atoms with Gasteiger partial charge in [0.2, 0.25) is 5.95 Å². The number of hydrogen-bond donors (Lipinski definition) is 1. The van der Waals surface area contributed by atoms with Crippen LogP contribution in [0.3, 0.4) is 0 Å². The average molecular weight is 264 g/mol. The number of anilines is 1. The second-order valence-electron chi connectivity index (χ2n) is 3.87. The fourth-order valence-electron chi connectivity index (χ4n) is 1.45. The molecule has 0 aliphatic heterocycles. The normalized spacial score (nSPS) is 11.4. The first-order chi connectivity index (χ1) is 8.44. The van der Waals surface area contributed by atoms with E-state index >= 15 is 0 Å². The second-order valence-corrected chi connectivity index (χ2v) is 6.01. The number of aromatic nitrogens is 3.